The van der Waals surface area contributed by atoms with Gasteiger partial charge in [0.25, 0.3) is 0 Å². The van der Waals surface area contributed by atoms with E-state index < -0.39 is 6.10 Å². The standard InChI is InChI=1S/C14H10ClFOS2/c15-10-6-9(16)2-1-8(10)5-11(17)13-7-14-12(19-13)3-4-18-14/h1-4,6-7,11,17H,5H2. The maximum atomic E-state index is 13.0. The molecule has 2 aromatic heterocycles. The van der Waals surface area contributed by atoms with Crippen molar-refractivity contribution in [1.82, 2.24) is 0 Å². The Labute approximate surface area is 122 Å². The summed E-state index contributed by atoms with van der Waals surface area (Å²) in [6.45, 7) is 0. The van der Waals surface area contributed by atoms with Crippen molar-refractivity contribution in [2.45, 2.75) is 12.5 Å². The fourth-order valence-electron chi connectivity index (χ4n) is 1.94. The first kappa shape index (κ1) is 13.1. The van der Waals surface area contributed by atoms with E-state index in [0.29, 0.717) is 11.4 Å². The first-order valence-electron chi connectivity index (χ1n) is 5.72. The topological polar surface area (TPSA) is 20.2 Å². The minimum absolute atomic E-state index is 0.359. The van der Waals surface area contributed by atoms with Gasteiger partial charge in [-0.1, -0.05) is 17.7 Å². The van der Waals surface area contributed by atoms with Gasteiger partial charge >= 0.3 is 0 Å². The van der Waals surface area contributed by atoms with Gasteiger partial charge in [-0.05, 0) is 35.2 Å². The Morgan fingerprint density at radius 1 is 1.21 bits per heavy atom. The summed E-state index contributed by atoms with van der Waals surface area (Å²) in [6, 6.07) is 8.31. The lowest BCUT2D eigenvalue weighted by atomic mass is 10.1. The summed E-state index contributed by atoms with van der Waals surface area (Å²) in [6.07, 6.45) is -0.208. The molecule has 0 amide bonds. The van der Waals surface area contributed by atoms with Gasteiger partial charge in [0.2, 0.25) is 0 Å². The third kappa shape index (κ3) is 2.67. The van der Waals surface area contributed by atoms with Gasteiger partial charge in [0, 0.05) is 25.7 Å². The summed E-state index contributed by atoms with van der Waals surface area (Å²) in [4.78, 5) is 0.919. The van der Waals surface area contributed by atoms with Crippen LogP contribution in [0.2, 0.25) is 5.02 Å². The first-order valence-corrected chi connectivity index (χ1v) is 7.80. The number of rotatable bonds is 3. The van der Waals surface area contributed by atoms with Gasteiger partial charge in [-0.3, -0.25) is 0 Å². The highest BCUT2D eigenvalue weighted by Gasteiger charge is 2.14. The van der Waals surface area contributed by atoms with Crippen LogP contribution in [0, 0.1) is 5.82 Å². The molecule has 0 radical (unpaired) electrons. The molecule has 98 valence electrons. The third-order valence-corrected chi connectivity index (χ3v) is 5.46. The molecule has 3 aromatic rings. The lowest BCUT2D eigenvalue weighted by Gasteiger charge is -2.10. The van der Waals surface area contributed by atoms with E-state index in [9.17, 15) is 9.50 Å². The Kier molecular flexibility index (Phi) is 3.58. The van der Waals surface area contributed by atoms with Crippen LogP contribution in [0.5, 0.6) is 0 Å². The molecular weight excluding hydrogens is 303 g/mol. The molecule has 1 unspecified atom stereocenters. The van der Waals surface area contributed by atoms with Gasteiger partial charge in [-0.2, -0.15) is 0 Å². The molecule has 1 nitrogen and oxygen atoms in total. The average molecular weight is 313 g/mol. The zero-order valence-electron chi connectivity index (χ0n) is 9.77. The summed E-state index contributed by atoms with van der Waals surface area (Å²) in [5, 5.41) is 12.6. The van der Waals surface area contributed by atoms with Crippen LogP contribution in [-0.4, -0.2) is 5.11 Å². The maximum Gasteiger partial charge on any atom is 0.124 e. The van der Waals surface area contributed by atoms with Gasteiger partial charge in [-0.25, -0.2) is 4.39 Å². The van der Waals surface area contributed by atoms with Crippen LogP contribution < -0.4 is 0 Å². The summed E-state index contributed by atoms with van der Waals surface area (Å²) < 4.78 is 15.3. The van der Waals surface area contributed by atoms with Crippen LogP contribution in [0.25, 0.3) is 9.40 Å². The number of hydrogen-bond acceptors (Lipinski definition) is 3. The minimum Gasteiger partial charge on any atom is -0.387 e. The van der Waals surface area contributed by atoms with E-state index in [2.05, 4.69) is 0 Å². The fourth-order valence-corrected chi connectivity index (χ4v) is 4.29. The number of benzene rings is 1. The second kappa shape index (κ2) is 5.21. The van der Waals surface area contributed by atoms with Crippen LogP contribution >= 0.6 is 34.3 Å². The average Bonchev–Trinajstić information content (AvgIpc) is 2.93. The van der Waals surface area contributed by atoms with Crippen molar-refractivity contribution in [3.63, 3.8) is 0 Å². The monoisotopic (exact) mass is 312 g/mol. The first-order chi connectivity index (χ1) is 9.13. The molecule has 1 atom stereocenters. The van der Waals surface area contributed by atoms with Crippen molar-refractivity contribution >= 4 is 43.7 Å². The van der Waals surface area contributed by atoms with Gasteiger partial charge in [0.05, 0.1) is 6.10 Å². The number of halogens is 2. The molecule has 5 heteroatoms. The zero-order valence-corrected chi connectivity index (χ0v) is 12.2. The third-order valence-electron chi connectivity index (χ3n) is 2.92. The fraction of sp³-hybridized carbons (Fsp3) is 0.143. The molecule has 0 fully saturated rings. The molecule has 1 aromatic carbocycles. The predicted molar refractivity (Wildman–Crippen MR) is 79.8 cm³/mol. The van der Waals surface area contributed by atoms with Gasteiger partial charge in [0.1, 0.15) is 5.82 Å². The summed E-state index contributed by atoms with van der Waals surface area (Å²) in [7, 11) is 0. The highest BCUT2D eigenvalue weighted by molar-refractivity contribution is 7.26. The molecule has 0 aliphatic carbocycles. The lowest BCUT2D eigenvalue weighted by Crippen LogP contribution is -2.00. The van der Waals surface area contributed by atoms with Crippen molar-refractivity contribution in [1.29, 1.82) is 0 Å². The van der Waals surface area contributed by atoms with Crippen LogP contribution in [0.4, 0.5) is 4.39 Å². The smallest absolute Gasteiger partial charge is 0.124 e. The van der Waals surface area contributed by atoms with Crippen molar-refractivity contribution < 1.29 is 9.50 Å². The SMILES string of the molecule is OC(Cc1ccc(F)cc1Cl)c1cc2sccc2s1. The molecule has 3 rings (SSSR count). The highest BCUT2D eigenvalue weighted by Crippen LogP contribution is 2.35. The van der Waals surface area contributed by atoms with Gasteiger partial charge in [0.15, 0.2) is 0 Å². The molecule has 19 heavy (non-hydrogen) atoms. The quantitative estimate of drug-likeness (QED) is 0.719. The molecule has 0 aliphatic rings. The van der Waals surface area contributed by atoms with Gasteiger partial charge in [-0.15, -0.1) is 22.7 Å². The predicted octanol–water partition coefficient (Wildman–Crippen LogP) is 5.03. The molecule has 1 N–H and O–H groups in total. The summed E-state index contributed by atoms with van der Waals surface area (Å²) in [5.74, 6) is -0.361. The van der Waals surface area contributed by atoms with Crippen LogP contribution in [-0.2, 0) is 6.42 Å². The number of aliphatic hydroxyl groups is 1. The molecule has 0 saturated heterocycles. The Morgan fingerprint density at radius 2 is 2.05 bits per heavy atom. The lowest BCUT2D eigenvalue weighted by molar-refractivity contribution is 0.182. The second-order valence-corrected chi connectivity index (χ2v) is 6.72. The van der Waals surface area contributed by atoms with Crippen LogP contribution in [0.3, 0.4) is 0 Å². The van der Waals surface area contributed by atoms with E-state index in [1.54, 1.807) is 28.7 Å². The minimum atomic E-state index is -0.604. The Morgan fingerprint density at radius 3 is 2.79 bits per heavy atom. The molecule has 2 heterocycles. The summed E-state index contributed by atoms with van der Waals surface area (Å²) >= 11 is 9.22. The number of aliphatic hydroxyl groups excluding tert-OH is 1. The van der Waals surface area contributed by atoms with E-state index in [1.165, 1.54) is 21.5 Å². The molecule has 0 saturated carbocycles. The number of hydrogen-bond donors (Lipinski definition) is 1. The number of fused-ring (bicyclic) bond motifs is 1. The van der Waals surface area contributed by atoms with Crippen molar-refractivity contribution in [3.8, 4) is 0 Å². The molecule has 0 spiro atoms. The maximum absolute atomic E-state index is 13.0. The number of thiophene rings is 2. The highest BCUT2D eigenvalue weighted by atomic mass is 35.5. The van der Waals surface area contributed by atoms with E-state index in [-0.39, 0.29) is 5.82 Å². The normalized spacial score (nSPS) is 13.0. The van der Waals surface area contributed by atoms with E-state index in [1.807, 2.05) is 17.5 Å². The van der Waals surface area contributed by atoms with Gasteiger partial charge < -0.3 is 5.11 Å². The van der Waals surface area contributed by atoms with Crippen molar-refractivity contribution in [2.24, 2.45) is 0 Å². The Balaban J connectivity index is 1.84. The van der Waals surface area contributed by atoms with E-state index in [4.69, 9.17) is 11.6 Å². The van der Waals surface area contributed by atoms with Crippen LogP contribution in [0.15, 0.2) is 35.7 Å². The van der Waals surface area contributed by atoms with Crippen molar-refractivity contribution in [3.05, 3.63) is 57.0 Å². The molecule has 0 bridgehead atoms. The van der Waals surface area contributed by atoms with Crippen molar-refractivity contribution in [2.75, 3.05) is 0 Å². The zero-order chi connectivity index (χ0) is 13.4. The second-order valence-electron chi connectivity index (χ2n) is 4.25. The van der Waals surface area contributed by atoms with E-state index in [0.717, 1.165) is 10.4 Å². The molecule has 0 aliphatic heterocycles. The van der Waals surface area contributed by atoms with E-state index >= 15 is 0 Å². The Bertz CT molecular complexity index is 691. The van der Waals surface area contributed by atoms with Crippen LogP contribution in [0.1, 0.15) is 16.5 Å². The molecular formula is C14H10ClFOS2. The summed E-state index contributed by atoms with van der Waals surface area (Å²) in [5.41, 5.74) is 0.757. The Hall–Kier alpha value is -0.940. The largest absolute Gasteiger partial charge is 0.387 e.